The number of aliphatic hydroxyl groups is 1. The molecule has 0 spiro atoms. The highest BCUT2D eigenvalue weighted by Crippen LogP contribution is 2.10. The van der Waals surface area contributed by atoms with E-state index in [1.807, 2.05) is 6.26 Å². The van der Waals surface area contributed by atoms with Gasteiger partial charge in [0.15, 0.2) is 5.16 Å². The summed E-state index contributed by atoms with van der Waals surface area (Å²) in [6.07, 6.45) is 1.86. The van der Waals surface area contributed by atoms with Crippen LogP contribution in [0, 0.1) is 0 Å². The molecule has 0 aliphatic heterocycles. The van der Waals surface area contributed by atoms with Crippen molar-refractivity contribution < 1.29 is 5.11 Å². The van der Waals surface area contributed by atoms with Crippen molar-refractivity contribution in [3.63, 3.8) is 0 Å². The summed E-state index contributed by atoms with van der Waals surface area (Å²) in [4.78, 5) is 15.6. The largest absolute Gasteiger partial charge is 0.395 e. The number of nitrogens with zero attached hydrogens (tertiary/aromatic N) is 2. The Morgan fingerprint density at radius 3 is 3.00 bits per heavy atom. The van der Waals surface area contributed by atoms with Gasteiger partial charge in [0.05, 0.1) is 6.61 Å². The molecule has 14 heavy (non-hydrogen) atoms. The first-order chi connectivity index (χ1) is 6.69. The summed E-state index contributed by atoms with van der Waals surface area (Å²) in [6, 6.07) is 1.41. The number of nitrogens with one attached hydrogen (secondary N) is 1. The molecule has 0 aliphatic rings. The lowest BCUT2D eigenvalue weighted by molar-refractivity contribution is 0.311. The molecule has 5 nitrogen and oxygen atoms in total. The quantitative estimate of drug-likeness (QED) is 0.542. The molecule has 0 amide bonds. The molecule has 1 aromatic heterocycles. The van der Waals surface area contributed by atoms with Crippen LogP contribution in [0.2, 0.25) is 0 Å². The van der Waals surface area contributed by atoms with Gasteiger partial charge in [-0.15, -0.1) is 0 Å². The normalized spacial score (nSPS) is 10.2. The summed E-state index contributed by atoms with van der Waals surface area (Å²) in [6.45, 7) is 0.416. The molecule has 1 aromatic rings. The van der Waals surface area contributed by atoms with Crippen molar-refractivity contribution >= 4 is 17.6 Å². The fourth-order valence-electron chi connectivity index (χ4n) is 0.975. The van der Waals surface area contributed by atoms with Crippen molar-refractivity contribution in [2.45, 2.75) is 5.16 Å². The first kappa shape index (κ1) is 11.1. The van der Waals surface area contributed by atoms with Crippen LogP contribution in [0.15, 0.2) is 16.0 Å². The van der Waals surface area contributed by atoms with Gasteiger partial charge in [0, 0.05) is 19.7 Å². The Hall–Kier alpha value is -1.01. The number of rotatable bonds is 4. The molecule has 0 radical (unpaired) electrons. The van der Waals surface area contributed by atoms with Crippen molar-refractivity contribution in [1.82, 2.24) is 9.55 Å². The summed E-state index contributed by atoms with van der Waals surface area (Å²) < 4.78 is 1.48. The molecule has 0 bridgehead atoms. The first-order valence-electron chi connectivity index (χ1n) is 4.16. The van der Waals surface area contributed by atoms with Crippen LogP contribution in [0.4, 0.5) is 5.82 Å². The van der Waals surface area contributed by atoms with Gasteiger partial charge in [-0.25, -0.2) is 4.98 Å². The van der Waals surface area contributed by atoms with E-state index in [9.17, 15) is 4.79 Å². The van der Waals surface area contributed by atoms with E-state index >= 15 is 0 Å². The number of hydrogen-bond acceptors (Lipinski definition) is 5. The van der Waals surface area contributed by atoms with E-state index in [2.05, 4.69) is 10.3 Å². The average Bonchev–Trinajstić information content (AvgIpc) is 2.19. The molecule has 0 fully saturated rings. The lowest BCUT2D eigenvalue weighted by atomic mass is 10.5. The molecule has 6 heteroatoms. The van der Waals surface area contributed by atoms with E-state index in [0.717, 1.165) is 0 Å². The van der Waals surface area contributed by atoms with Crippen LogP contribution in [-0.2, 0) is 7.05 Å². The number of aromatic nitrogens is 2. The van der Waals surface area contributed by atoms with Gasteiger partial charge in [-0.1, -0.05) is 11.8 Å². The third-order valence-electron chi connectivity index (χ3n) is 1.69. The maximum Gasteiger partial charge on any atom is 0.255 e. The second-order valence-corrected chi connectivity index (χ2v) is 3.45. The number of aliphatic hydroxyl groups excluding tert-OH is 1. The van der Waals surface area contributed by atoms with E-state index in [1.165, 1.54) is 22.4 Å². The Labute approximate surface area is 86.2 Å². The minimum atomic E-state index is -0.107. The van der Waals surface area contributed by atoms with Gasteiger partial charge >= 0.3 is 0 Å². The van der Waals surface area contributed by atoms with Gasteiger partial charge in [0.2, 0.25) is 0 Å². The molecular weight excluding hydrogens is 202 g/mol. The van der Waals surface area contributed by atoms with Crippen LogP contribution in [-0.4, -0.2) is 34.1 Å². The van der Waals surface area contributed by atoms with Crippen molar-refractivity contribution in [2.75, 3.05) is 24.7 Å². The average molecular weight is 215 g/mol. The number of thioether (sulfide) groups is 1. The second-order valence-electron chi connectivity index (χ2n) is 2.68. The predicted octanol–water partition coefficient (Wildman–Crippen LogP) is -0.0936. The molecule has 0 saturated heterocycles. The van der Waals surface area contributed by atoms with Gasteiger partial charge < -0.3 is 10.4 Å². The second kappa shape index (κ2) is 5.02. The van der Waals surface area contributed by atoms with Crippen molar-refractivity contribution in [3.05, 3.63) is 16.4 Å². The van der Waals surface area contributed by atoms with Gasteiger partial charge in [-0.05, 0) is 6.26 Å². The molecule has 78 valence electrons. The Bertz CT molecular complexity index is 364. The lowest BCUT2D eigenvalue weighted by Crippen LogP contribution is -2.20. The molecule has 0 atom stereocenters. The fourth-order valence-corrected chi connectivity index (χ4v) is 1.53. The molecule has 0 unspecified atom stereocenters. The fraction of sp³-hybridized carbons (Fsp3) is 0.500. The molecule has 1 rings (SSSR count). The number of hydrogen-bond donors (Lipinski definition) is 2. The molecule has 0 aliphatic carbocycles. The predicted molar refractivity (Wildman–Crippen MR) is 56.8 cm³/mol. The van der Waals surface area contributed by atoms with Crippen molar-refractivity contribution in [2.24, 2.45) is 7.05 Å². The molecule has 1 heterocycles. The van der Waals surface area contributed by atoms with Gasteiger partial charge in [-0.2, -0.15) is 0 Å². The van der Waals surface area contributed by atoms with E-state index in [0.29, 0.717) is 17.5 Å². The molecule has 0 saturated carbocycles. The van der Waals surface area contributed by atoms with E-state index < -0.39 is 0 Å². The zero-order valence-electron chi connectivity index (χ0n) is 8.15. The Morgan fingerprint density at radius 1 is 1.71 bits per heavy atom. The minimum Gasteiger partial charge on any atom is -0.395 e. The van der Waals surface area contributed by atoms with Crippen molar-refractivity contribution in [3.8, 4) is 0 Å². The minimum absolute atomic E-state index is 0.0193. The molecule has 2 N–H and O–H groups in total. The summed E-state index contributed by atoms with van der Waals surface area (Å²) in [5, 5.41) is 12.1. The van der Waals surface area contributed by atoms with Crippen LogP contribution >= 0.6 is 11.8 Å². The van der Waals surface area contributed by atoms with Crippen LogP contribution < -0.4 is 10.9 Å². The first-order valence-corrected chi connectivity index (χ1v) is 5.38. The number of anilines is 1. The topological polar surface area (TPSA) is 67.2 Å². The highest BCUT2D eigenvalue weighted by Gasteiger charge is 2.03. The van der Waals surface area contributed by atoms with E-state index in [1.54, 1.807) is 7.05 Å². The van der Waals surface area contributed by atoms with Gasteiger partial charge in [0.25, 0.3) is 5.56 Å². The third-order valence-corrected chi connectivity index (χ3v) is 2.42. The Kier molecular flexibility index (Phi) is 3.97. The summed E-state index contributed by atoms with van der Waals surface area (Å²) in [5.74, 6) is 0.506. The summed E-state index contributed by atoms with van der Waals surface area (Å²) >= 11 is 1.41. The van der Waals surface area contributed by atoms with Crippen LogP contribution in [0.1, 0.15) is 0 Å². The Balaban J connectivity index is 2.98. The third kappa shape index (κ3) is 2.49. The van der Waals surface area contributed by atoms with Crippen LogP contribution in [0.3, 0.4) is 0 Å². The smallest absolute Gasteiger partial charge is 0.255 e. The lowest BCUT2D eigenvalue weighted by Gasteiger charge is -2.07. The Morgan fingerprint density at radius 2 is 2.43 bits per heavy atom. The van der Waals surface area contributed by atoms with Gasteiger partial charge in [-0.3, -0.25) is 9.36 Å². The SMILES string of the molecule is CSc1nc(NCCO)cc(=O)n1C. The highest BCUT2D eigenvalue weighted by atomic mass is 32.2. The molecule has 0 aromatic carbocycles. The standard InChI is InChI=1S/C8H13N3O2S/c1-11-7(13)5-6(9-3-4-12)10-8(11)14-2/h5,9,12H,3-4H2,1-2H3. The van der Waals surface area contributed by atoms with Crippen molar-refractivity contribution in [1.29, 1.82) is 0 Å². The van der Waals surface area contributed by atoms with Crippen LogP contribution in [0.25, 0.3) is 0 Å². The zero-order valence-corrected chi connectivity index (χ0v) is 8.97. The zero-order chi connectivity index (χ0) is 10.6. The monoisotopic (exact) mass is 215 g/mol. The van der Waals surface area contributed by atoms with Crippen LogP contribution in [0.5, 0.6) is 0 Å². The highest BCUT2D eigenvalue weighted by molar-refractivity contribution is 7.98. The summed E-state index contributed by atoms with van der Waals surface area (Å²) in [5.41, 5.74) is -0.107. The summed E-state index contributed by atoms with van der Waals surface area (Å²) in [7, 11) is 1.68. The molecular formula is C8H13N3O2S. The maximum absolute atomic E-state index is 11.4. The van der Waals surface area contributed by atoms with E-state index in [4.69, 9.17) is 5.11 Å². The maximum atomic E-state index is 11.4. The van der Waals surface area contributed by atoms with Gasteiger partial charge in [0.1, 0.15) is 5.82 Å². The van der Waals surface area contributed by atoms with E-state index in [-0.39, 0.29) is 12.2 Å².